The largest absolute Gasteiger partial charge is 0.368 e. The highest BCUT2D eigenvalue weighted by molar-refractivity contribution is 6.34. The fraction of sp³-hybridized carbons (Fsp3) is 0.250. The molecule has 0 unspecified atom stereocenters. The summed E-state index contributed by atoms with van der Waals surface area (Å²) >= 11 is 12.1. The highest BCUT2D eigenvalue weighted by atomic mass is 35.5. The van der Waals surface area contributed by atoms with Gasteiger partial charge in [0.1, 0.15) is 16.7 Å². The Labute approximate surface area is 184 Å². The van der Waals surface area contributed by atoms with Crippen LogP contribution in [-0.2, 0) is 19.6 Å². The third kappa shape index (κ3) is 3.68. The topological polar surface area (TPSA) is 170 Å². The lowest BCUT2D eigenvalue weighted by molar-refractivity contribution is 0.518. The maximum Gasteiger partial charge on any atom is 0.223 e. The molecule has 0 saturated heterocycles. The number of nitrogen functional groups attached to an aromatic ring is 2. The molecule has 5 rings (SSSR count). The molecule has 0 bridgehead atoms. The maximum absolute atomic E-state index is 6.07. The van der Waals surface area contributed by atoms with Crippen molar-refractivity contribution >= 4 is 57.4 Å². The average Bonchev–Trinajstić information content (AvgIpc) is 3.43. The van der Waals surface area contributed by atoms with E-state index in [1.807, 2.05) is 10.8 Å². The molecule has 13 nitrogen and oxygen atoms in total. The molecule has 0 fully saturated rings. The zero-order valence-electron chi connectivity index (χ0n) is 15.9. The highest BCUT2D eigenvalue weighted by Crippen LogP contribution is 2.21. The van der Waals surface area contributed by atoms with E-state index >= 15 is 0 Å². The molecule has 5 aromatic rings. The molecule has 5 heterocycles. The van der Waals surface area contributed by atoms with E-state index in [1.165, 1.54) is 0 Å². The zero-order chi connectivity index (χ0) is 21.5. The Kier molecular flexibility index (Phi) is 4.75. The van der Waals surface area contributed by atoms with Gasteiger partial charge in [-0.2, -0.15) is 19.9 Å². The van der Waals surface area contributed by atoms with Crippen LogP contribution in [0.5, 0.6) is 0 Å². The first-order valence-electron chi connectivity index (χ1n) is 9.14. The van der Waals surface area contributed by atoms with E-state index in [1.54, 1.807) is 21.9 Å². The molecule has 0 spiro atoms. The minimum Gasteiger partial charge on any atom is -0.368 e. The predicted molar refractivity (Wildman–Crippen MR) is 113 cm³/mol. The second-order valence-electron chi connectivity index (χ2n) is 6.73. The molecule has 4 N–H and O–H groups in total. The van der Waals surface area contributed by atoms with E-state index in [9.17, 15) is 0 Å². The van der Waals surface area contributed by atoms with Crippen LogP contribution in [0.1, 0.15) is 12.1 Å². The zero-order valence-corrected chi connectivity index (χ0v) is 17.4. The van der Waals surface area contributed by atoms with Gasteiger partial charge in [0.05, 0.1) is 25.4 Å². The second-order valence-corrected chi connectivity index (χ2v) is 7.44. The number of nitrogens with zero attached hydrogens (tertiary/aromatic N) is 11. The Hall–Kier alpha value is -3.58. The summed E-state index contributed by atoms with van der Waals surface area (Å²) < 4.78 is 5.43. The second kappa shape index (κ2) is 7.59. The Morgan fingerprint density at radius 3 is 2.10 bits per heavy atom. The average molecular weight is 460 g/mol. The van der Waals surface area contributed by atoms with Gasteiger partial charge in [0, 0.05) is 13.1 Å². The van der Waals surface area contributed by atoms with Gasteiger partial charge in [-0.1, -0.05) is 28.4 Å². The smallest absolute Gasteiger partial charge is 0.223 e. The molecule has 0 radical (unpaired) electrons. The number of halogens is 2. The predicted octanol–water partition coefficient (Wildman–Crippen LogP) is 1.17. The molecule has 0 amide bonds. The van der Waals surface area contributed by atoms with Crippen LogP contribution in [0.2, 0.25) is 10.3 Å². The molecule has 0 aliphatic rings. The number of anilines is 2. The van der Waals surface area contributed by atoms with Crippen molar-refractivity contribution in [1.29, 1.82) is 0 Å². The molecule has 158 valence electrons. The van der Waals surface area contributed by atoms with Crippen LogP contribution < -0.4 is 11.5 Å². The van der Waals surface area contributed by atoms with Gasteiger partial charge < -0.3 is 20.6 Å². The summed E-state index contributed by atoms with van der Waals surface area (Å²) in [7, 11) is 0. The Balaban J connectivity index is 1.26. The Morgan fingerprint density at radius 2 is 1.42 bits per heavy atom. The van der Waals surface area contributed by atoms with E-state index < -0.39 is 0 Å². The minimum absolute atomic E-state index is 0.0863. The van der Waals surface area contributed by atoms with Gasteiger partial charge in [0.2, 0.25) is 11.9 Å². The lowest BCUT2D eigenvalue weighted by atomic mass is 10.4. The number of aryl methyl sites for hydroxylation is 2. The highest BCUT2D eigenvalue weighted by Gasteiger charge is 2.13. The third-order valence-electron chi connectivity index (χ3n) is 4.58. The van der Waals surface area contributed by atoms with Crippen LogP contribution in [-0.4, -0.2) is 54.0 Å². The Morgan fingerprint density at radius 1 is 0.806 bits per heavy atom. The number of hydrogen-bond donors (Lipinski definition) is 2. The summed E-state index contributed by atoms with van der Waals surface area (Å²) in [5, 5.41) is 8.85. The summed E-state index contributed by atoms with van der Waals surface area (Å²) in [6, 6.07) is 0. The standard InChI is InChI=1S/C16H15Cl2N13/c17-11-9-13(25-15(19)23-11)29(6-21-9)2-1-3-31-5-8(27-28-31)4-30-7-22-10-12(18)24-16(20)26-14(10)30/h5-7H,1-4H2,(H2,19,23,25)(H2,20,24,26). The molecule has 0 aliphatic heterocycles. The number of hydrogen-bond acceptors (Lipinski definition) is 10. The van der Waals surface area contributed by atoms with Gasteiger partial charge in [-0.05, 0) is 6.42 Å². The quantitative estimate of drug-likeness (QED) is 0.351. The number of aromatic nitrogens is 11. The van der Waals surface area contributed by atoms with Crippen molar-refractivity contribution < 1.29 is 0 Å². The van der Waals surface area contributed by atoms with Crippen LogP contribution in [0.4, 0.5) is 11.9 Å². The molecule has 0 saturated carbocycles. The first kappa shape index (κ1) is 19.4. The van der Waals surface area contributed by atoms with Crippen molar-refractivity contribution in [2.75, 3.05) is 11.5 Å². The van der Waals surface area contributed by atoms with Gasteiger partial charge in [-0.3, -0.25) is 4.68 Å². The van der Waals surface area contributed by atoms with Crippen molar-refractivity contribution in [3.63, 3.8) is 0 Å². The van der Waals surface area contributed by atoms with Crippen LogP contribution in [0, 0.1) is 0 Å². The van der Waals surface area contributed by atoms with Crippen LogP contribution in [0.25, 0.3) is 22.3 Å². The molecule has 0 aromatic carbocycles. The normalized spacial score (nSPS) is 11.7. The number of imidazole rings is 2. The van der Waals surface area contributed by atoms with Crippen molar-refractivity contribution in [1.82, 2.24) is 54.0 Å². The summed E-state index contributed by atoms with van der Waals surface area (Å²) in [4.78, 5) is 24.7. The van der Waals surface area contributed by atoms with Gasteiger partial charge >= 0.3 is 0 Å². The van der Waals surface area contributed by atoms with E-state index in [2.05, 4.69) is 40.2 Å². The van der Waals surface area contributed by atoms with Crippen LogP contribution in [0.3, 0.4) is 0 Å². The number of nitrogens with two attached hydrogens (primary N) is 2. The molecule has 15 heteroatoms. The van der Waals surface area contributed by atoms with Crippen LogP contribution >= 0.6 is 23.2 Å². The van der Waals surface area contributed by atoms with E-state index in [0.717, 1.165) is 12.1 Å². The molecular formula is C16H15Cl2N13. The lowest BCUT2D eigenvalue weighted by Crippen LogP contribution is -2.05. The van der Waals surface area contributed by atoms with Gasteiger partial charge in [-0.15, -0.1) is 5.10 Å². The maximum atomic E-state index is 6.07. The molecule has 31 heavy (non-hydrogen) atoms. The van der Waals surface area contributed by atoms with Crippen molar-refractivity contribution in [3.8, 4) is 0 Å². The SMILES string of the molecule is Nc1nc(Cl)c2ncn(CCCn3cc(Cn4cnc5c(Cl)nc(N)nc54)nn3)c2n1. The van der Waals surface area contributed by atoms with Crippen molar-refractivity contribution in [2.24, 2.45) is 0 Å². The van der Waals surface area contributed by atoms with E-state index in [4.69, 9.17) is 34.7 Å². The number of rotatable bonds is 6. The third-order valence-corrected chi connectivity index (χ3v) is 5.11. The van der Waals surface area contributed by atoms with Crippen molar-refractivity contribution in [2.45, 2.75) is 26.1 Å². The fourth-order valence-corrected chi connectivity index (χ4v) is 3.67. The minimum atomic E-state index is 0.0863. The van der Waals surface area contributed by atoms with Crippen LogP contribution in [0.15, 0.2) is 18.9 Å². The van der Waals surface area contributed by atoms with Gasteiger partial charge in [-0.25, -0.2) is 9.97 Å². The molecule has 5 aromatic heterocycles. The first-order valence-corrected chi connectivity index (χ1v) is 9.90. The lowest BCUT2D eigenvalue weighted by Gasteiger charge is -2.04. The summed E-state index contributed by atoms with van der Waals surface area (Å²) in [5.74, 6) is 0.198. The summed E-state index contributed by atoms with van der Waals surface area (Å²) in [6.45, 7) is 1.72. The molecule has 0 aliphatic carbocycles. The summed E-state index contributed by atoms with van der Waals surface area (Å²) in [6.07, 6.45) is 5.91. The van der Waals surface area contributed by atoms with Gasteiger partial charge in [0.25, 0.3) is 0 Å². The first-order chi connectivity index (χ1) is 15.0. The molecule has 0 atom stereocenters. The van der Waals surface area contributed by atoms with Crippen molar-refractivity contribution in [3.05, 3.63) is 34.9 Å². The fourth-order valence-electron chi connectivity index (χ4n) is 3.23. The Bertz CT molecular complexity index is 1400. The number of fused-ring (bicyclic) bond motifs is 2. The molecular weight excluding hydrogens is 445 g/mol. The van der Waals surface area contributed by atoms with Gasteiger partial charge in [0.15, 0.2) is 21.6 Å². The summed E-state index contributed by atoms with van der Waals surface area (Å²) in [5.41, 5.74) is 14.3. The van der Waals surface area contributed by atoms with E-state index in [-0.39, 0.29) is 22.2 Å². The monoisotopic (exact) mass is 459 g/mol. The van der Waals surface area contributed by atoms with E-state index in [0.29, 0.717) is 42.0 Å².